The van der Waals surface area contributed by atoms with Gasteiger partial charge in [0.05, 0.1) is 12.2 Å². The van der Waals surface area contributed by atoms with Crippen molar-refractivity contribution < 1.29 is 9.84 Å². The van der Waals surface area contributed by atoms with E-state index in [9.17, 15) is 0 Å². The summed E-state index contributed by atoms with van der Waals surface area (Å²) in [6.45, 7) is 0. The fourth-order valence-corrected chi connectivity index (χ4v) is 1.58. The summed E-state index contributed by atoms with van der Waals surface area (Å²) in [4.78, 5) is 0. The minimum atomic E-state index is -0.329. The van der Waals surface area contributed by atoms with Gasteiger partial charge in [-0.25, -0.2) is 0 Å². The fraction of sp³-hybridized carbons (Fsp3) is 0.667. The van der Waals surface area contributed by atoms with E-state index >= 15 is 0 Å². The van der Waals surface area contributed by atoms with Crippen LogP contribution < -0.4 is 0 Å². The number of ether oxygens (including phenoxy) is 1. The molecule has 0 aromatic rings. The second kappa shape index (κ2) is 2.82. The van der Waals surface area contributed by atoms with Gasteiger partial charge in [0.2, 0.25) is 0 Å². The number of methoxy groups -OCH3 is 1. The Hall–Kier alpha value is 0.140. The first kappa shape index (κ1) is 7.25. The lowest BCUT2D eigenvalue weighted by Crippen LogP contribution is -2.09. The van der Waals surface area contributed by atoms with E-state index in [2.05, 4.69) is 15.9 Å². The quantitative estimate of drug-likeness (QED) is 0.674. The standard InChI is InChI=1S/C6H9BrO2/c1-9-6-3-4(8)2-5(6)7/h2,4,6,8H,3H2,1H3/t4-,6-/m1/s1. The van der Waals surface area contributed by atoms with E-state index in [4.69, 9.17) is 9.84 Å². The van der Waals surface area contributed by atoms with Crippen LogP contribution in [0, 0.1) is 0 Å². The monoisotopic (exact) mass is 192 g/mol. The first-order chi connectivity index (χ1) is 4.24. The van der Waals surface area contributed by atoms with Gasteiger partial charge in [0, 0.05) is 18.0 Å². The number of halogens is 1. The van der Waals surface area contributed by atoms with Crippen LogP contribution >= 0.6 is 15.9 Å². The molecular weight excluding hydrogens is 184 g/mol. The lowest BCUT2D eigenvalue weighted by molar-refractivity contribution is 0.104. The van der Waals surface area contributed by atoms with Gasteiger partial charge >= 0.3 is 0 Å². The Morgan fingerprint density at radius 1 is 1.89 bits per heavy atom. The largest absolute Gasteiger partial charge is 0.389 e. The van der Waals surface area contributed by atoms with Crippen LogP contribution in [0.4, 0.5) is 0 Å². The van der Waals surface area contributed by atoms with Crippen molar-refractivity contribution in [3.63, 3.8) is 0 Å². The van der Waals surface area contributed by atoms with E-state index in [1.165, 1.54) is 0 Å². The molecule has 1 rings (SSSR count). The highest BCUT2D eigenvalue weighted by atomic mass is 79.9. The molecule has 52 valence electrons. The predicted molar refractivity (Wildman–Crippen MR) is 38.4 cm³/mol. The Balaban J connectivity index is 2.53. The lowest BCUT2D eigenvalue weighted by Gasteiger charge is -2.06. The second-order valence-corrected chi connectivity index (χ2v) is 2.99. The van der Waals surface area contributed by atoms with Gasteiger partial charge in [0.15, 0.2) is 0 Å². The van der Waals surface area contributed by atoms with Crippen LogP contribution in [0.15, 0.2) is 10.6 Å². The predicted octanol–water partition coefficient (Wildman–Crippen LogP) is 1.04. The lowest BCUT2D eigenvalue weighted by atomic mass is 10.3. The molecule has 0 spiro atoms. The average Bonchev–Trinajstić information content (AvgIpc) is 2.10. The van der Waals surface area contributed by atoms with Gasteiger partial charge in [0.1, 0.15) is 0 Å². The molecule has 0 unspecified atom stereocenters. The summed E-state index contributed by atoms with van der Waals surface area (Å²) >= 11 is 3.28. The molecule has 9 heavy (non-hydrogen) atoms. The first-order valence-electron chi connectivity index (χ1n) is 2.82. The highest BCUT2D eigenvalue weighted by Crippen LogP contribution is 2.26. The molecule has 1 N–H and O–H groups in total. The van der Waals surface area contributed by atoms with Crippen LogP contribution in [0.5, 0.6) is 0 Å². The van der Waals surface area contributed by atoms with Crippen LogP contribution in [0.1, 0.15) is 6.42 Å². The van der Waals surface area contributed by atoms with Gasteiger partial charge in [-0.2, -0.15) is 0 Å². The van der Waals surface area contributed by atoms with Crippen LogP contribution in [-0.2, 0) is 4.74 Å². The van der Waals surface area contributed by atoms with E-state index < -0.39 is 0 Å². The van der Waals surface area contributed by atoms with Gasteiger partial charge in [-0.05, 0) is 6.08 Å². The van der Waals surface area contributed by atoms with Gasteiger partial charge in [-0.15, -0.1) is 0 Å². The maximum atomic E-state index is 9.01. The van der Waals surface area contributed by atoms with Gasteiger partial charge in [0.25, 0.3) is 0 Å². The molecule has 1 aliphatic rings. The molecular formula is C6H9BrO2. The topological polar surface area (TPSA) is 29.5 Å². The molecule has 0 amide bonds. The van der Waals surface area contributed by atoms with E-state index in [1.54, 1.807) is 13.2 Å². The normalized spacial score (nSPS) is 34.8. The summed E-state index contributed by atoms with van der Waals surface area (Å²) in [5.41, 5.74) is 0. The van der Waals surface area contributed by atoms with Crippen LogP contribution in [0.2, 0.25) is 0 Å². The summed E-state index contributed by atoms with van der Waals surface area (Å²) in [6.07, 6.45) is 2.18. The number of hydrogen-bond donors (Lipinski definition) is 1. The van der Waals surface area contributed by atoms with Gasteiger partial charge < -0.3 is 9.84 Å². The Labute approximate surface area is 62.6 Å². The smallest absolute Gasteiger partial charge is 0.0911 e. The first-order valence-corrected chi connectivity index (χ1v) is 3.61. The van der Waals surface area contributed by atoms with Crippen molar-refractivity contribution in [2.75, 3.05) is 7.11 Å². The van der Waals surface area contributed by atoms with E-state index in [0.717, 1.165) is 4.48 Å². The molecule has 0 aromatic carbocycles. The summed E-state index contributed by atoms with van der Waals surface area (Å²) in [7, 11) is 1.64. The summed E-state index contributed by atoms with van der Waals surface area (Å²) in [6, 6.07) is 0. The zero-order chi connectivity index (χ0) is 6.85. The number of aliphatic hydroxyl groups excluding tert-OH is 1. The molecule has 0 saturated heterocycles. The third-order valence-corrected chi connectivity index (χ3v) is 2.17. The molecule has 0 bridgehead atoms. The summed E-state index contributed by atoms with van der Waals surface area (Å²) in [5.74, 6) is 0. The Bertz CT molecular complexity index is 133. The van der Waals surface area contributed by atoms with Crippen molar-refractivity contribution in [1.29, 1.82) is 0 Å². The molecule has 3 heteroatoms. The molecule has 0 saturated carbocycles. The maximum absolute atomic E-state index is 9.01. The third kappa shape index (κ3) is 1.53. The fourth-order valence-electron chi connectivity index (χ4n) is 0.900. The Morgan fingerprint density at radius 3 is 2.78 bits per heavy atom. The molecule has 0 aliphatic heterocycles. The average molecular weight is 193 g/mol. The van der Waals surface area contributed by atoms with Crippen molar-refractivity contribution >= 4 is 15.9 Å². The highest BCUT2D eigenvalue weighted by molar-refractivity contribution is 9.11. The van der Waals surface area contributed by atoms with Crippen molar-refractivity contribution in [2.24, 2.45) is 0 Å². The third-order valence-electron chi connectivity index (χ3n) is 1.40. The number of aliphatic hydroxyl groups is 1. The zero-order valence-electron chi connectivity index (χ0n) is 5.17. The SMILES string of the molecule is CO[C@@H]1C[C@H](O)C=C1Br. The number of rotatable bonds is 1. The minimum Gasteiger partial charge on any atom is -0.389 e. The van der Waals surface area contributed by atoms with Crippen molar-refractivity contribution in [3.05, 3.63) is 10.6 Å². The van der Waals surface area contributed by atoms with E-state index in [-0.39, 0.29) is 12.2 Å². The summed E-state index contributed by atoms with van der Waals surface area (Å²) in [5, 5.41) is 9.01. The van der Waals surface area contributed by atoms with Crippen molar-refractivity contribution in [2.45, 2.75) is 18.6 Å². The molecule has 2 atom stereocenters. The Kier molecular flexibility index (Phi) is 2.27. The minimum absolute atomic E-state index is 0.0694. The van der Waals surface area contributed by atoms with E-state index in [0.29, 0.717) is 6.42 Å². The molecule has 0 aromatic heterocycles. The van der Waals surface area contributed by atoms with Crippen molar-refractivity contribution in [1.82, 2.24) is 0 Å². The molecule has 0 fully saturated rings. The maximum Gasteiger partial charge on any atom is 0.0911 e. The molecule has 1 aliphatic carbocycles. The molecule has 0 heterocycles. The second-order valence-electron chi connectivity index (χ2n) is 2.08. The number of hydrogen-bond acceptors (Lipinski definition) is 2. The van der Waals surface area contributed by atoms with Crippen molar-refractivity contribution in [3.8, 4) is 0 Å². The van der Waals surface area contributed by atoms with Crippen LogP contribution in [0.25, 0.3) is 0 Å². The van der Waals surface area contributed by atoms with Gasteiger partial charge in [-0.1, -0.05) is 15.9 Å². The van der Waals surface area contributed by atoms with Gasteiger partial charge in [-0.3, -0.25) is 0 Å². The highest BCUT2D eigenvalue weighted by Gasteiger charge is 2.22. The zero-order valence-corrected chi connectivity index (χ0v) is 6.76. The Morgan fingerprint density at radius 2 is 2.56 bits per heavy atom. The molecule has 0 radical (unpaired) electrons. The molecule has 2 nitrogen and oxygen atoms in total. The van der Waals surface area contributed by atoms with Crippen LogP contribution in [-0.4, -0.2) is 24.4 Å². The van der Waals surface area contributed by atoms with E-state index in [1.807, 2.05) is 0 Å². The summed E-state index contributed by atoms with van der Waals surface area (Å²) < 4.78 is 5.97. The van der Waals surface area contributed by atoms with Crippen LogP contribution in [0.3, 0.4) is 0 Å².